The summed E-state index contributed by atoms with van der Waals surface area (Å²) in [6, 6.07) is 15.0. The number of carbonyl (C=O) groups excluding carboxylic acids is 2. The zero-order valence-electron chi connectivity index (χ0n) is 21.8. The summed E-state index contributed by atoms with van der Waals surface area (Å²) in [7, 11) is 0. The monoisotopic (exact) mass is 524 g/mol. The molecule has 0 spiro atoms. The van der Waals surface area contributed by atoms with Crippen molar-refractivity contribution in [3.05, 3.63) is 88.7 Å². The van der Waals surface area contributed by atoms with Crippen LogP contribution in [0.15, 0.2) is 67.0 Å². The summed E-state index contributed by atoms with van der Waals surface area (Å²) < 4.78 is 17.0. The summed E-state index contributed by atoms with van der Waals surface area (Å²) in [6.45, 7) is 9.53. The highest BCUT2D eigenvalue weighted by Crippen LogP contribution is 2.26. The molecule has 3 rings (SSSR count). The lowest BCUT2D eigenvalue weighted by molar-refractivity contribution is -0.157. The molecule has 8 heteroatoms. The predicted molar refractivity (Wildman–Crippen MR) is 143 cm³/mol. The number of hydrogen-bond acceptors (Lipinski definition) is 6. The molecule has 0 radical (unpaired) electrons. The van der Waals surface area contributed by atoms with Gasteiger partial charge in [-0.15, -0.1) is 0 Å². The first-order valence-electron chi connectivity index (χ1n) is 12.1. The number of carbonyl (C=O) groups is 2. The molecule has 1 amide bonds. The van der Waals surface area contributed by atoms with Crippen molar-refractivity contribution in [1.82, 2.24) is 10.3 Å². The van der Waals surface area contributed by atoms with Gasteiger partial charge in [0, 0.05) is 29.9 Å². The van der Waals surface area contributed by atoms with Crippen molar-refractivity contribution >= 4 is 23.5 Å². The van der Waals surface area contributed by atoms with Crippen LogP contribution in [0.3, 0.4) is 0 Å². The zero-order chi connectivity index (χ0) is 27.0. The van der Waals surface area contributed by atoms with E-state index in [4.69, 9.17) is 25.8 Å². The van der Waals surface area contributed by atoms with E-state index in [9.17, 15) is 9.59 Å². The number of ether oxygens (including phenoxy) is 3. The minimum atomic E-state index is -0.903. The second-order valence-corrected chi connectivity index (χ2v) is 10.3. The largest absolute Gasteiger partial charge is 0.489 e. The lowest BCUT2D eigenvalue weighted by Crippen LogP contribution is -2.45. The number of pyridine rings is 1. The summed E-state index contributed by atoms with van der Waals surface area (Å²) in [5.41, 5.74) is 1.41. The molecule has 7 nitrogen and oxygen atoms in total. The molecule has 0 saturated carbocycles. The summed E-state index contributed by atoms with van der Waals surface area (Å²) >= 11 is 6.30. The van der Waals surface area contributed by atoms with E-state index >= 15 is 0 Å². The van der Waals surface area contributed by atoms with Gasteiger partial charge in [-0.05, 0) is 76.6 Å². The number of halogens is 1. The van der Waals surface area contributed by atoms with E-state index in [1.807, 2.05) is 50.2 Å². The fourth-order valence-electron chi connectivity index (χ4n) is 3.41. The Balaban J connectivity index is 1.71. The first kappa shape index (κ1) is 28.0. The minimum absolute atomic E-state index is 0.0548. The Hall–Kier alpha value is -3.58. The van der Waals surface area contributed by atoms with E-state index in [1.165, 1.54) is 6.07 Å². The molecule has 1 heterocycles. The van der Waals surface area contributed by atoms with Gasteiger partial charge in [0.1, 0.15) is 29.7 Å². The Morgan fingerprint density at radius 3 is 2.35 bits per heavy atom. The van der Waals surface area contributed by atoms with Crippen LogP contribution in [0, 0.1) is 0 Å². The molecule has 1 aromatic heterocycles. The van der Waals surface area contributed by atoms with Gasteiger partial charge in [0.25, 0.3) is 5.91 Å². The molecule has 0 aliphatic rings. The Morgan fingerprint density at radius 2 is 1.76 bits per heavy atom. The van der Waals surface area contributed by atoms with E-state index in [2.05, 4.69) is 10.3 Å². The molecule has 1 atom stereocenters. The molecule has 0 fully saturated rings. The van der Waals surface area contributed by atoms with Crippen molar-refractivity contribution < 1.29 is 23.8 Å². The number of rotatable bonds is 10. The average molecular weight is 525 g/mol. The van der Waals surface area contributed by atoms with Crippen LogP contribution in [0.4, 0.5) is 0 Å². The van der Waals surface area contributed by atoms with Crippen LogP contribution in [0.5, 0.6) is 11.5 Å². The van der Waals surface area contributed by atoms with Crippen LogP contribution in [0.2, 0.25) is 5.02 Å². The molecule has 37 heavy (non-hydrogen) atoms. The molecule has 0 aliphatic heterocycles. The molecule has 0 saturated heterocycles. The van der Waals surface area contributed by atoms with Gasteiger partial charge in [0.15, 0.2) is 0 Å². The Bertz CT molecular complexity index is 1190. The second-order valence-electron chi connectivity index (χ2n) is 9.87. The maximum atomic E-state index is 13.0. The molecule has 0 bridgehead atoms. The van der Waals surface area contributed by atoms with Crippen LogP contribution >= 0.6 is 11.6 Å². The number of esters is 1. The quantitative estimate of drug-likeness (QED) is 0.338. The molecular formula is C29H33ClN2O5. The van der Waals surface area contributed by atoms with E-state index in [-0.39, 0.29) is 12.5 Å². The predicted octanol–water partition coefficient (Wildman–Crippen LogP) is 5.78. The van der Waals surface area contributed by atoms with Gasteiger partial charge in [-0.2, -0.15) is 0 Å². The van der Waals surface area contributed by atoms with Crippen molar-refractivity contribution in [3.63, 3.8) is 0 Å². The van der Waals surface area contributed by atoms with Gasteiger partial charge in [-0.1, -0.05) is 29.8 Å². The fourth-order valence-corrected chi connectivity index (χ4v) is 3.63. The van der Waals surface area contributed by atoms with Crippen LogP contribution in [-0.2, 0) is 22.6 Å². The standard InChI is InChI=1S/C29H33ClN2O5/c1-19(2)36-26-13-10-22(16-24(26)30)27(33)32-25(28(34)37-29(3,4)5)15-20-8-11-23(12-9-20)35-18-21-7-6-14-31-17-21/h6-14,16-17,19,25H,15,18H2,1-5H3,(H,32,33). The van der Waals surface area contributed by atoms with Crippen LogP contribution in [-0.4, -0.2) is 34.6 Å². The van der Waals surface area contributed by atoms with Crippen LogP contribution < -0.4 is 14.8 Å². The topological polar surface area (TPSA) is 86.8 Å². The number of hydrogen-bond donors (Lipinski definition) is 1. The normalized spacial score (nSPS) is 12.1. The highest BCUT2D eigenvalue weighted by Gasteiger charge is 2.27. The number of nitrogens with one attached hydrogen (secondary N) is 1. The van der Waals surface area contributed by atoms with Gasteiger partial charge >= 0.3 is 5.97 Å². The van der Waals surface area contributed by atoms with E-state index in [1.54, 1.807) is 45.3 Å². The average Bonchev–Trinajstić information content (AvgIpc) is 2.83. The number of amides is 1. The number of aromatic nitrogens is 1. The lowest BCUT2D eigenvalue weighted by atomic mass is 10.0. The number of benzene rings is 2. The second kappa shape index (κ2) is 12.6. The zero-order valence-corrected chi connectivity index (χ0v) is 22.5. The van der Waals surface area contributed by atoms with Gasteiger partial charge in [0.05, 0.1) is 11.1 Å². The van der Waals surface area contributed by atoms with Gasteiger partial charge in [0.2, 0.25) is 0 Å². The van der Waals surface area contributed by atoms with Gasteiger partial charge < -0.3 is 19.5 Å². The minimum Gasteiger partial charge on any atom is -0.489 e. The van der Waals surface area contributed by atoms with Crippen molar-refractivity contribution in [2.24, 2.45) is 0 Å². The molecule has 2 aromatic carbocycles. The van der Waals surface area contributed by atoms with Crippen molar-refractivity contribution in [1.29, 1.82) is 0 Å². The summed E-state index contributed by atoms with van der Waals surface area (Å²) in [6.07, 6.45) is 3.65. The molecule has 0 aliphatic carbocycles. The molecular weight excluding hydrogens is 492 g/mol. The first-order chi connectivity index (χ1) is 17.5. The van der Waals surface area contributed by atoms with Crippen molar-refractivity contribution in [2.45, 2.75) is 65.4 Å². The number of nitrogens with zero attached hydrogens (tertiary/aromatic N) is 1. The Kier molecular flexibility index (Phi) is 9.53. The van der Waals surface area contributed by atoms with Gasteiger partial charge in [-0.3, -0.25) is 9.78 Å². The Morgan fingerprint density at radius 1 is 1.03 bits per heavy atom. The van der Waals surface area contributed by atoms with Crippen LogP contribution in [0.25, 0.3) is 0 Å². The van der Waals surface area contributed by atoms with E-state index in [0.717, 1.165) is 11.1 Å². The van der Waals surface area contributed by atoms with Gasteiger partial charge in [-0.25, -0.2) is 4.79 Å². The highest BCUT2D eigenvalue weighted by atomic mass is 35.5. The van der Waals surface area contributed by atoms with Crippen molar-refractivity contribution in [3.8, 4) is 11.5 Å². The summed E-state index contributed by atoms with van der Waals surface area (Å²) in [5, 5.41) is 3.12. The SMILES string of the molecule is CC(C)Oc1ccc(C(=O)NC(Cc2ccc(OCc3cccnc3)cc2)C(=O)OC(C)(C)C)cc1Cl. The highest BCUT2D eigenvalue weighted by molar-refractivity contribution is 6.32. The molecule has 3 aromatic rings. The molecule has 1 N–H and O–H groups in total. The fraction of sp³-hybridized carbons (Fsp3) is 0.345. The third kappa shape index (κ3) is 9.10. The maximum absolute atomic E-state index is 13.0. The first-order valence-corrected chi connectivity index (χ1v) is 12.5. The van der Waals surface area contributed by atoms with E-state index < -0.39 is 23.5 Å². The molecule has 196 valence electrons. The molecule has 1 unspecified atom stereocenters. The van der Waals surface area contributed by atoms with Crippen molar-refractivity contribution in [2.75, 3.05) is 0 Å². The maximum Gasteiger partial charge on any atom is 0.329 e. The van der Waals surface area contributed by atoms with Crippen LogP contribution in [0.1, 0.15) is 56.1 Å². The Labute approximate surface area is 223 Å². The summed E-state index contributed by atoms with van der Waals surface area (Å²) in [4.78, 5) is 30.1. The third-order valence-electron chi connectivity index (χ3n) is 5.04. The smallest absolute Gasteiger partial charge is 0.329 e. The van der Waals surface area contributed by atoms with E-state index in [0.29, 0.717) is 28.7 Å². The third-order valence-corrected chi connectivity index (χ3v) is 5.34. The summed E-state index contributed by atoms with van der Waals surface area (Å²) in [5.74, 6) is 0.209. The lowest BCUT2D eigenvalue weighted by Gasteiger charge is -2.25.